The van der Waals surface area contributed by atoms with E-state index in [1.807, 2.05) is 18.2 Å². The highest BCUT2D eigenvalue weighted by Gasteiger charge is 2.35. The third kappa shape index (κ3) is 3.28. The summed E-state index contributed by atoms with van der Waals surface area (Å²) in [6.45, 7) is 1.53. The highest BCUT2D eigenvalue weighted by Crippen LogP contribution is 2.33. The fourth-order valence-electron chi connectivity index (χ4n) is 4.25. The molecule has 1 fully saturated rings. The Morgan fingerprint density at radius 2 is 1.86 bits per heavy atom. The van der Waals surface area contributed by atoms with Crippen LogP contribution < -0.4 is 0 Å². The molecule has 0 radical (unpaired) electrons. The molecular weight excluding hydrogens is 378 g/mol. The van der Waals surface area contributed by atoms with Crippen LogP contribution in [0, 0.1) is 0 Å². The largest absolute Gasteiger partial charge is 0.449 e. The summed E-state index contributed by atoms with van der Waals surface area (Å²) in [5, 5.41) is 1.97. The van der Waals surface area contributed by atoms with Gasteiger partial charge in [0.05, 0.1) is 17.1 Å². The van der Waals surface area contributed by atoms with Crippen molar-refractivity contribution in [3.8, 4) is 0 Å². The van der Waals surface area contributed by atoms with Crippen molar-refractivity contribution in [3.63, 3.8) is 0 Å². The van der Waals surface area contributed by atoms with Gasteiger partial charge in [-0.25, -0.2) is 13.2 Å². The number of nitrogens with zero attached hydrogens (tertiary/aromatic N) is 1. The number of ether oxygens (including phenoxy) is 1. The van der Waals surface area contributed by atoms with E-state index >= 15 is 0 Å². The first kappa shape index (κ1) is 18.9. The number of likely N-dealkylation sites (N-methyl/N-ethyl adjacent to an activating group) is 1. The summed E-state index contributed by atoms with van der Waals surface area (Å²) in [5.74, 6) is -0.875. The molecule has 2 aromatic rings. The van der Waals surface area contributed by atoms with Gasteiger partial charge in [-0.15, -0.1) is 0 Å². The number of rotatable bonds is 4. The van der Waals surface area contributed by atoms with Crippen molar-refractivity contribution in [2.75, 3.05) is 18.6 Å². The SMILES string of the molecule is C[C@H](OC(=O)c1ccc2c3c(cccc13)CC2)C(=O)N(C)[C@@H]1CCS(=O)(=O)C1. The van der Waals surface area contributed by atoms with Gasteiger partial charge in [0, 0.05) is 13.1 Å². The number of sulfone groups is 1. The molecule has 0 saturated carbocycles. The molecule has 0 unspecified atom stereocenters. The van der Waals surface area contributed by atoms with Crippen LogP contribution in [0.4, 0.5) is 0 Å². The van der Waals surface area contributed by atoms with Gasteiger partial charge < -0.3 is 9.64 Å². The van der Waals surface area contributed by atoms with Gasteiger partial charge in [0.2, 0.25) is 0 Å². The molecule has 28 heavy (non-hydrogen) atoms. The van der Waals surface area contributed by atoms with Crippen LogP contribution in [-0.2, 0) is 32.2 Å². The second-order valence-corrected chi connectivity index (χ2v) is 9.89. The molecule has 1 amide bonds. The summed E-state index contributed by atoms with van der Waals surface area (Å²) in [6.07, 6.45) is 1.37. The molecule has 6 nitrogen and oxygen atoms in total. The number of carbonyl (C=O) groups is 2. The Balaban J connectivity index is 1.51. The van der Waals surface area contributed by atoms with E-state index < -0.39 is 21.9 Å². The first-order valence-corrected chi connectivity index (χ1v) is 11.3. The zero-order chi connectivity index (χ0) is 20.1. The van der Waals surface area contributed by atoms with Crippen LogP contribution in [0.3, 0.4) is 0 Å². The van der Waals surface area contributed by atoms with Crippen molar-refractivity contribution in [1.29, 1.82) is 0 Å². The van der Waals surface area contributed by atoms with Crippen LogP contribution in [0.5, 0.6) is 0 Å². The van der Waals surface area contributed by atoms with Crippen LogP contribution in [-0.4, -0.2) is 55.9 Å². The van der Waals surface area contributed by atoms with Crippen molar-refractivity contribution in [3.05, 3.63) is 47.0 Å². The lowest BCUT2D eigenvalue weighted by atomic mass is 10.00. The molecule has 0 bridgehead atoms. The van der Waals surface area contributed by atoms with Crippen molar-refractivity contribution < 1.29 is 22.7 Å². The maximum Gasteiger partial charge on any atom is 0.339 e. The molecule has 0 aromatic heterocycles. The minimum atomic E-state index is -3.09. The molecule has 1 heterocycles. The van der Waals surface area contributed by atoms with Crippen LogP contribution >= 0.6 is 0 Å². The summed E-state index contributed by atoms with van der Waals surface area (Å²) in [6, 6.07) is 9.27. The third-order valence-corrected chi connectivity index (χ3v) is 7.58. The Hall–Kier alpha value is -2.41. The Bertz CT molecular complexity index is 1070. The Labute approximate surface area is 164 Å². The lowest BCUT2D eigenvalue weighted by molar-refractivity contribution is -0.140. The topological polar surface area (TPSA) is 80.8 Å². The number of benzene rings is 2. The van der Waals surface area contributed by atoms with Gasteiger partial charge in [-0.1, -0.05) is 24.3 Å². The molecule has 1 aliphatic carbocycles. The molecule has 0 N–H and O–H groups in total. The third-order valence-electron chi connectivity index (χ3n) is 5.83. The van der Waals surface area contributed by atoms with E-state index in [1.165, 1.54) is 23.0 Å². The number of carbonyl (C=O) groups excluding carboxylic acids is 2. The number of hydrogen-bond acceptors (Lipinski definition) is 5. The normalized spacial score (nSPS) is 20.9. The molecule has 2 atom stereocenters. The Morgan fingerprint density at radius 3 is 2.54 bits per heavy atom. The zero-order valence-electron chi connectivity index (χ0n) is 16.0. The fourth-order valence-corrected chi connectivity index (χ4v) is 6.02. The Kier molecular flexibility index (Phi) is 4.65. The number of hydrogen-bond donors (Lipinski definition) is 0. The Morgan fingerprint density at radius 1 is 1.14 bits per heavy atom. The lowest BCUT2D eigenvalue weighted by Gasteiger charge is -2.26. The maximum atomic E-state index is 12.8. The minimum Gasteiger partial charge on any atom is -0.449 e. The van der Waals surface area contributed by atoms with Gasteiger partial charge in [-0.05, 0) is 54.2 Å². The van der Waals surface area contributed by atoms with E-state index in [0.717, 1.165) is 23.6 Å². The van der Waals surface area contributed by atoms with Gasteiger partial charge in [0.15, 0.2) is 15.9 Å². The number of amides is 1. The second kappa shape index (κ2) is 6.88. The smallest absolute Gasteiger partial charge is 0.339 e. The van der Waals surface area contributed by atoms with Gasteiger partial charge in [-0.3, -0.25) is 4.79 Å². The molecule has 2 aromatic carbocycles. The fraction of sp³-hybridized carbons (Fsp3) is 0.429. The molecule has 4 rings (SSSR count). The molecule has 2 aliphatic rings. The van der Waals surface area contributed by atoms with Crippen molar-refractivity contribution in [2.45, 2.75) is 38.3 Å². The minimum absolute atomic E-state index is 0.0369. The summed E-state index contributed by atoms with van der Waals surface area (Å²) in [7, 11) is -1.53. The first-order chi connectivity index (χ1) is 13.3. The van der Waals surface area contributed by atoms with Crippen LogP contribution in [0.25, 0.3) is 10.8 Å². The van der Waals surface area contributed by atoms with E-state index in [4.69, 9.17) is 4.74 Å². The monoisotopic (exact) mass is 401 g/mol. The first-order valence-electron chi connectivity index (χ1n) is 9.48. The highest BCUT2D eigenvalue weighted by molar-refractivity contribution is 7.91. The zero-order valence-corrected chi connectivity index (χ0v) is 16.8. The van der Waals surface area contributed by atoms with Gasteiger partial charge in [0.25, 0.3) is 5.91 Å². The average molecular weight is 401 g/mol. The molecule has 1 aliphatic heterocycles. The molecule has 0 spiro atoms. The van der Waals surface area contributed by atoms with Crippen molar-refractivity contribution >= 4 is 32.5 Å². The van der Waals surface area contributed by atoms with Crippen molar-refractivity contribution in [1.82, 2.24) is 4.90 Å². The van der Waals surface area contributed by atoms with E-state index in [2.05, 4.69) is 6.07 Å². The van der Waals surface area contributed by atoms with Gasteiger partial charge >= 0.3 is 5.97 Å². The molecule has 7 heteroatoms. The van der Waals surface area contributed by atoms with E-state index in [0.29, 0.717) is 12.0 Å². The summed E-state index contributed by atoms with van der Waals surface area (Å²) in [4.78, 5) is 26.8. The summed E-state index contributed by atoms with van der Waals surface area (Å²) < 4.78 is 28.8. The summed E-state index contributed by atoms with van der Waals surface area (Å²) in [5.41, 5.74) is 2.91. The van der Waals surface area contributed by atoms with E-state index in [1.54, 1.807) is 13.1 Å². The van der Waals surface area contributed by atoms with Crippen LogP contribution in [0.15, 0.2) is 30.3 Å². The van der Waals surface area contributed by atoms with Gasteiger partial charge in [0.1, 0.15) is 0 Å². The predicted octanol–water partition coefficient (Wildman–Crippen LogP) is 2.13. The average Bonchev–Trinajstić information content (AvgIpc) is 3.25. The van der Waals surface area contributed by atoms with Crippen LogP contribution in [0.2, 0.25) is 0 Å². The van der Waals surface area contributed by atoms with E-state index in [9.17, 15) is 18.0 Å². The molecule has 1 saturated heterocycles. The van der Waals surface area contributed by atoms with E-state index in [-0.39, 0.29) is 23.5 Å². The van der Waals surface area contributed by atoms with Crippen LogP contribution in [0.1, 0.15) is 34.8 Å². The molecular formula is C21H23NO5S. The second-order valence-electron chi connectivity index (χ2n) is 7.67. The molecule has 148 valence electrons. The van der Waals surface area contributed by atoms with Crippen molar-refractivity contribution in [2.24, 2.45) is 0 Å². The number of esters is 1. The predicted molar refractivity (Wildman–Crippen MR) is 106 cm³/mol. The summed E-state index contributed by atoms with van der Waals surface area (Å²) >= 11 is 0. The van der Waals surface area contributed by atoms with Gasteiger partial charge in [-0.2, -0.15) is 0 Å². The lowest BCUT2D eigenvalue weighted by Crippen LogP contribution is -2.44. The quantitative estimate of drug-likeness (QED) is 0.733. The number of aryl methyl sites for hydroxylation is 2. The highest BCUT2D eigenvalue weighted by atomic mass is 32.2. The standard InChI is InChI=1S/C21H23NO5S/c1-13(20(23)22(2)16-10-11-28(25,26)12-16)27-21(24)18-9-8-15-7-6-14-4-3-5-17(18)19(14)15/h3-5,8-9,13,16H,6-7,10-12H2,1-2H3/t13-,16+/m0/s1. The maximum absolute atomic E-state index is 12.8.